The minimum atomic E-state index is -0.984. The summed E-state index contributed by atoms with van der Waals surface area (Å²) >= 11 is 0. The number of ketones is 3. The van der Waals surface area contributed by atoms with Gasteiger partial charge in [-0.3, -0.25) is 14.4 Å². The molecule has 0 saturated heterocycles. The molecule has 28 heavy (non-hydrogen) atoms. The molecule has 0 fully saturated rings. The molecule has 0 radical (unpaired) electrons. The van der Waals surface area contributed by atoms with E-state index in [1.165, 1.54) is 13.2 Å². The van der Waals surface area contributed by atoms with Crippen molar-refractivity contribution in [1.29, 1.82) is 0 Å². The Balaban J connectivity index is 2.34. The summed E-state index contributed by atoms with van der Waals surface area (Å²) < 4.78 is 15.5. The number of cyclic esters (lactones) is 1. The molecule has 152 valence electrons. The lowest BCUT2D eigenvalue weighted by Gasteiger charge is -2.17. The molecular weight excluding hydrogens is 368 g/mol. The second kappa shape index (κ2) is 9.98. The Morgan fingerprint density at radius 2 is 1.75 bits per heavy atom. The molecule has 8 heteroatoms. The molecule has 1 aromatic carbocycles. The smallest absolute Gasteiger partial charge is 0.342 e. The van der Waals surface area contributed by atoms with Gasteiger partial charge in [-0.2, -0.15) is 0 Å². The highest BCUT2D eigenvalue weighted by Gasteiger charge is 2.25. The molecule has 0 aromatic heterocycles. The number of carbonyl (C=O) groups excluding carboxylic acids is 4. The summed E-state index contributed by atoms with van der Waals surface area (Å²) in [5.74, 6) is -3.14. The van der Waals surface area contributed by atoms with Crippen LogP contribution in [0.1, 0.15) is 54.9 Å². The van der Waals surface area contributed by atoms with Gasteiger partial charge < -0.3 is 19.3 Å². The molecule has 0 saturated carbocycles. The van der Waals surface area contributed by atoms with Crippen LogP contribution in [0.3, 0.4) is 0 Å². The van der Waals surface area contributed by atoms with E-state index in [9.17, 15) is 24.3 Å². The zero-order chi connectivity index (χ0) is 20.7. The number of Topliss-reactive ketones (excluding diaryl/α,β-unsaturated/α-hetero) is 3. The molecule has 1 atom stereocenters. The highest BCUT2D eigenvalue weighted by molar-refractivity contribution is 6.63. The highest BCUT2D eigenvalue weighted by atomic mass is 16.7. The lowest BCUT2D eigenvalue weighted by atomic mass is 9.97. The van der Waals surface area contributed by atoms with Gasteiger partial charge in [0.15, 0.2) is 6.79 Å². The van der Waals surface area contributed by atoms with Gasteiger partial charge in [-0.05, 0) is 44.2 Å². The van der Waals surface area contributed by atoms with Gasteiger partial charge in [-0.15, -0.1) is 0 Å². The normalized spacial score (nSPS) is 19.6. The molecule has 0 unspecified atom stereocenters. The van der Waals surface area contributed by atoms with Gasteiger partial charge in [-0.25, -0.2) is 4.79 Å². The van der Waals surface area contributed by atoms with Gasteiger partial charge in [0.05, 0.1) is 6.10 Å². The summed E-state index contributed by atoms with van der Waals surface area (Å²) in [4.78, 5) is 48.2. The highest BCUT2D eigenvalue weighted by Crippen LogP contribution is 2.30. The fourth-order valence-corrected chi connectivity index (χ4v) is 2.97. The van der Waals surface area contributed by atoms with Gasteiger partial charge in [0.1, 0.15) is 17.1 Å². The number of methoxy groups -OCH3 is 1. The molecule has 1 N–H and O–H groups in total. The Kier molecular flexibility index (Phi) is 7.69. The Morgan fingerprint density at radius 3 is 2.43 bits per heavy atom. The number of fused-ring (bicyclic) bond motifs is 1. The largest absolute Gasteiger partial charge is 0.507 e. The lowest BCUT2D eigenvalue weighted by molar-refractivity contribution is -0.144. The quantitative estimate of drug-likeness (QED) is 0.472. The number of benzene rings is 1. The van der Waals surface area contributed by atoms with Crippen molar-refractivity contribution in [2.24, 2.45) is 0 Å². The van der Waals surface area contributed by atoms with Crippen LogP contribution in [0.5, 0.6) is 11.5 Å². The van der Waals surface area contributed by atoms with Gasteiger partial charge in [0, 0.05) is 26.0 Å². The van der Waals surface area contributed by atoms with Crippen molar-refractivity contribution in [3.63, 3.8) is 0 Å². The van der Waals surface area contributed by atoms with Crippen LogP contribution in [-0.2, 0) is 30.3 Å². The number of carbonyl (C=O) groups is 4. The molecule has 0 bridgehead atoms. The van der Waals surface area contributed by atoms with Crippen LogP contribution >= 0.6 is 0 Å². The zero-order valence-corrected chi connectivity index (χ0v) is 16.0. The Hall–Kier alpha value is -2.74. The van der Waals surface area contributed by atoms with E-state index in [2.05, 4.69) is 0 Å². The third kappa shape index (κ3) is 5.63. The van der Waals surface area contributed by atoms with Crippen molar-refractivity contribution in [2.75, 3.05) is 13.9 Å². The van der Waals surface area contributed by atoms with E-state index in [1.54, 1.807) is 13.0 Å². The number of phenolic OH excluding ortho intramolecular Hbond substituents is 1. The molecule has 8 nitrogen and oxygen atoms in total. The maximum absolute atomic E-state index is 12.6. The number of rotatable bonds is 3. The molecule has 1 aliphatic rings. The predicted octanol–water partition coefficient (Wildman–Crippen LogP) is 2.13. The molecule has 1 aromatic rings. The fourth-order valence-electron chi connectivity index (χ4n) is 2.97. The van der Waals surface area contributed by atoms with Crippen molar-refractivity contribution in [3.05, 3.63) is 23.3 Å². The van der Waals surface area contributed by atoms with E-state index in [1.807, 2.05) is 0 Å². The fraction of sp³-hybridized carbons (Fsp3) is 0.500. The minimum Gasteiger partial charge on any atom is -0.507 e. The first-order chi connectivity index (χ1) is 13.3. The van der Waals surface area contributed by atoms with Crippen molar-refractivity contribution < 1.29 is 38.5 Å². The molecule has 2 rings (SSSR count). The summed E-state index contributed by atoms with van der Waals surface area (Å²) in [7, 11) is 1.45. The van der Waals surface area contributed by atoms with Crippen LogP contribution in [0.15, 0.2) is 12.1 Å². The maximum Gasteiger partial charge on any atom is 0.342 e. The average Bonchev–Trinajstić information content (AvgIpc) is 2.64. The monoisotopic (exact) mass is 392 g/mol. The van der Waals surface area contributed by atoms with Gasteiger partial charge >= 0.3 is 5.97 Å². The number of ether oxygens (including phenoxy) is 3. The molecule has 1 aliphatic heterocycles. The minimum absolute atomic E-state index is 0.00327. The summed E-state index contributed by atoms with van der Waals surface area (Å²) in [6.07, 6.45) is 0.392. The first-order valence-electron chi connectivity index (χ1n) is 9.12. The number of aryl methyl sites for hydroxylation is 1. The van der Waals surface area contributed by atoms with Crippen LogP contribution in [0, 0.1) is 0 Å². The van der Waals surface area contributed by atoms with E-state index in [0.717, 1.165) is 0 Å². The lowest BCUT2D eigenvalue weighted by Crippen LogP contribution is -2.25. The van der Waals surface area contributed by atoms with Crippen LogP contribution < -0.4 is 4.74 Å². The third-order valence-electron chi connectivity index (χ3n) is 4.40. The van der Waals surface area contributed by atoms with E-state index in [0.29, 0.717) is 18.4 Å². The summed E-state index contributed by atoms with van der Waals surface area (Å²) in [6.45, 7) is 1.61. The van der Waals surface area contributed by atoms with Crippen LogP contribution in [-0.4, -0.2) is 48.4 Å². The van der Waals surface area contributed by atoms with Crippen LogP contribution in [0.25, 0.3) is 0 Å². The Bertz CT molecular complexity index is 768. The van der Waals surface area contributed by atoms with Gasteiger partial charge in [0.2, 0.25) is 11.6 Å². The molecule has 1 heterocycles. The summed E-state index contributed by atoms with van der Waals surface area (Å²) in [5.41, 5.74) is 0.426. The van der Waals surface area contributed by atoms with Crippen molar-refractivity contribution in [1.82, 2.24) is 0 Å². The predicted molar refractivity (Wildman–Crippen MR) is 97.3 cm³/mol. The average molecular weight is 392 g/mol. The second-order valence-corrected chi connectivity index (χ2v) is 6.66. The Labute approximate surface area is 162 Å². The SMILES string of the molecule is COCOc1cc(O)c2c(c1)CCCC(=O)C(=O)C(=O)CCC[C@H](C)OC2=O. The second-order valence-electron chi connectivity index (χ2n) is 6.66. The van der Waals surface area contributed by atoms with E-state index >= 15 is 0 Å². The molecular formula is C20H24O8. The number of esters is 1. The van der Waals surface area contributed by atoms with Crippen LogP contribution in [0.2, 0.25) is 0 Å². The van der Waals surface area contributed by atoms with Gasteiger partial charge in [0.25, 0.3) is 5.78 Å². The molecule has 0 amide bonds. The standard InChI is InChI=1S/C20H24O8/c1-12-5-3-7-15(21)19(24)16(22)8-4-6-13-9-14(27-11-26-2)10-17(23)18(13)20(25)28-12/h9-10,12,23H,3-8,11H2,1-2H3/t12-/m0/s1. The topological polar surface area (TPSA) is 116 Å². The number of phenols is 1. The number of hydrogen-bond acceptors (Lipinski definition) is 8. The van der Waals surface area contributed by atoms with E-state index in [-0.39, 0.29) is 49.5 Å². The molecule has 0 spiro atoms. The maximum atomic E-state index is 12.6. The van der Waals surface area contributed by atoms with Gasteiger partial charge in [-0.1, -0.05) is 0 Å². The van der Waals surface area contributed by atoms with Crippen molar-refractivity contribution in [3.8, 4) is 11.5 Å². The molecule has 0 aliphatic carbocycles. The number of aromatic hydroxyl groups is 1. The van der Waals surface area contributed by atoms with Crippen molar-refractivity contribution >= 4 is 23.3 Å². The number of hydrogen-bond donors (Lipinski definition) is 1. The first-order valence-corrected chi connectivity index (χ1v) is 9.12. The third-order valence-corrected chi connectivity index (χ3v) is 4.40. The zero-order valence-electron chi connectivity index (χ0n) is 16.0. The van der Waals surface area contributed by atoms with Crippen LogP contribution in [0.4, 0.5) is 0 Å². The first kappa shape index (κ1) is 21.6. The van der Waals surface area contributed by atoms with E-state index in [4.69, 9.17) is 14.2 Å². The van der Waals surface area contributed by atoms with E-state index < -0.39 is 29.4 Å². The Morgan fingerprint density at radius 1 is 1.07 bits per heavy atom. The summed E-state index contributed by atoms with van der Waals surface area (Å²) in [5, 5.41) is 10.3. The van der Waals surface area contributed by atoms with Crippen molar-refractivity contribution in [2.45, 2.75) is 51.6 Å². The summed E-state index contributed by atoms with van der Waals surface area (Å²) in [6, 6.07) is 2.85.